The molecule has 0 saturated heterocycles. The molecule has 0 amide bonds. The topological polar surface area (TPSA) is 12.0 Å². The van der Waals surface area contributed by atoms with Crippen LogP contribution in [0.2, 0.25) is 0 Å². The molecule has 1 aliphatic rings. The van der Waals surface area contributed by atoms with Gasteiger partial charge in [-0.15, -0.1) is 11.3 Å². The van der Waals surface area contributed by atoms with Crippen molar-refractivity contribution >= 4 is 27.3 Å². The van der Waals surface area contributed by atoms with Gasteiger partial charge < -0.3 is 5.32 Å². The SMILES string of the molecule is Fc1cc(CNC2CC2)ccc1-c1sccc1Br. The first-order valence-corrected chi connectivity index (χ1v) is 7.66. The van der Waals surface area contributed by atoms with Crippen molar-refractivity contribution in [3.8, 4) is 10.4 Å². The van der Waals surface area contributed by atoms with Crippen molar-refractivity contribution in [3.63, 3.8) is 0 Å². The van der Waals surface area contributed by atoms with Crippen molar-refractivity contribution in [2.24, 2.45) is 0 Å². The van der Waals surface area contributed by atoms with E-state index in [1.54, 1.807) is 17.4 Å². The van der Waals surface area contributed by atoms with E-state index in [-0.39, 0.29) is 5.82 Å². The van der Waals surface area contributed by atoms with Crippen LogP contribution < -0.4 is 5.32 Å². The third kappa shape index (κ3) is 2.66. The minimum absolute atomic E-state index is 0.145. The maximum absolute atomic E-state index is 14.1. The zero-order valence-electron chi connectivity index (χ0n) is 9.75. The van der Waals surface area contributed by atoms with Crippen LogP contribution in [0.3, 0.4) is 0 Å². The summed E-state index contributed by atoms with van der Waals surface area (Å²) in [6.45, 7) is 0.757. The lowest BCUT2D eigenvalue weighted by atomic mass is 10.1. The second-order valence-electron chi connectivity index (χ2n) is 4.57. The molecule has 0 atom stereocenters. The molecule has 1 saturated carbocycles. The minimum atomic E-state index is -0.145. The molecular weight excluding hydrogens is 313 g/mol. The van der Waals surface area contributed by atoms with Crippen molar-refractivity contribution in [2.45, 2.75) is 25.4 Å². The summed E-state index contributed by atoms with van der Waals surface area (Å²) >= 11 is 4.99. The Morgan fingerprint density at radius 1 is 1.33 bits per heavy atom. The van der Waals surface area contributed by atoms with Crippen LogP contribution >= 0.6 is 27.3 Å². The normalized spacial score (nSPS) is 15.0. The van der Waals surface area contributed by atoms with E-state index in [9.17, 15) is 4.39 Å². The predicted molar refractivity (Wildman–Crippen MR) is 77.3 cm³/mol. The van der Waals surface area contributed by atoms with Crippen LogP contribution in [-0.2, 0) is 6.54 Å². The van der Waals surface area contributed by atoms with E-state index >= 15 is 0 Å². The highest BCUT2D eigenvalue weighted by Crippen LogP contribution is 2.35. The van der Waals surface area contributed by atoms with Gasteiger partial charge in [0.2, 0.25) is 0 Å². The van der Waals surface area contributed by atoms with Crippen LogP contribution in [-0.4, -0.2) is 6.04 Å². The van der Waals surface area contributed by atoms with Crippen LogP contribution in [0.5, 0.6) is 0 Å². The van der Waals surface area contributed by atoms with Gasteiger partial charge in [-0.2, -0.15) is 0 Å². The summed E-state index contributed by atoms with van der Waals surface area (Å²) in [5.74, 6) is -0.145. The standard InChI is InChI=1S/C14H13BrFNS/c15-12-5-6-18-14(12)11-4-1-9(7-13(11)16)8-17-10-2-3-10/h1,4-7,10,17H,2-3,8H2. The molecule has 0 aliphatic heterocycles. The molecule has 1 aromatic heterocycles. The molecule has 0 bridgehead atoms. The fourth-order valence-corrected chi connectivity index (χ4v) is 3.50. The van der Waals surface area contributed by atoms with E-state index in [0.29, 0.717) is 11.6 Å². The Balaban J connectivity index is 1.82. The molecule has 1 aliphatic carbocycles. The van der Waals surface area contributed by atoms with Gasteiger partial charge in [0.1, 0.15) is 5.82 Å². The van der Waals surface area contributed by atoms with E-state index in [2.05, 4.69) is 21.2 Å². The van der Waals surface area contributed by atoms with Crippen molar-refractivity contribution in [1.82, 2.24) is 5.32 Å². The molecule has 2 aromatic rings. The number of rotatable bonds is 4. The average Bonchev–Trinajstić information content (AvgIpc) is 3.09. The molecule has 94 valence electrons. The molecule has 1 heterocycles. The summed E-state index contributed by atoms with van der Waals surface area (Å²) in [6, 6.07) is 8.11. The zero-order valence-corrected chi connectivity index (χ0v) is 12.2. The van der Waals surface area contributed by atoms with E-state index in [4.69, 9.17) is 0 Å². The first kappa shape index (κ1) is 12.3. The maximum atomic E-state index is 14.1. The number of benzene rings is 1. The lowest BCUT2D eigenvalue weighted by molar-refractivity contribution is 0.623. The molecule has 4 heteroatoms. The van der Waals surface area contributed by atoms with Gasteiger partial charge in [0.25, 0.3) is 0 Å². The Morgan fingerprint density at radius 3 is 2.78 bits per heavy atom. The van der Waals surface area contributed by atoms with Gasteiger partial charge in [-0.3, -0.25) is 0 Å². The number of hydrogen-bond acceptors (Lipinski definition) is 2. The quantitative estimate of drug-likeness (QED) is 0.868. The second-order valence-corrected chi connectivity index (χ2v) is 6.34. The van der Waals surface area contributed by atoms with Crippen molar-refractivity contribution in [3.05, 3.63) is 45.5 Å². The third-order valence-electron chi connectivity index (χ3n) is 3.07. The minimum Gasteiger partial charge on any atom is -0.310 e. The lowest BCUT2D eigenvalue weighted by Crippen LogP contribution is -2.15. The third-order valence-corrected chi connectivity index (χ3v) is 4.94. The van der Waals surface area contributed by atoms with E-state index < -0.39 is 0 Å². The highest BCUT2D eigenvalue weighted by Gasteiger charge is 2.20. The molecule has 3 rings (SSSR count). The lowest BCUT2D eigenvalue weighted by Gasteiger charge is -2.06. The van der Waals surface area contributed by atoms with Gasteiger partial charge in [-0.1, -0.05) is 12.1 Å². The molecule has 0 spiro atoms. The summed E-state index contributed by atoms with van der Waals surface area (Å²) in [5.41, 5.74) is 1.68. The highest BCUT2D eigenvalue weighted by atomic mass is 79.9. The summed E-state index contributed by atoms with van der Waals surface area (Å²) < 4.78 is 15.0. The summed E-state index contributed by atoms with van der Waals surface area (Å²) in [6.07, 6.45) is 2.51. The summed E-state index contributed by atoms with van der Waals surface area (Å²) in [4.78, 5) is 0.953. The summed E-state index contributed by atoms with van der Waals surface area (Å²) in [5, 5.41) is 5.35. The first-order chi connectivity index (χ1) is 8.74. The highest BCUT2D eigenvalue weighted by molar-refractivity contribution is 9.10. The van der Waals surface area contributed by atoms with Crippen LogP contribution in [0.4, 0.5) is 4.39 Å². The zero-order chi connectivity index (χ0) is 12.5. The smallest absolute Gasteiger partial charge is 0.132 e. The Labute approximate surface area is 118 Å². The number of thiophene rings is 1. The molecule has 0 unspecified atom stereocenters. The van der Waals surface area contributed by atoms with Crippen LogP contribution in [0.15, 0.2) is 34.1 Å². The van der Waals surface area contributed by atoms with E-state index in [1.807, 2.05) is 23.6 Å². The monoisotopic (exact) mass is 325 g/mol. The molecule has 18 heavy (non-hydrogen) atoms. The second kappa shape index (κ2) is 5.11. The van der Waals surface area contributed by atoms with Gasteiger partial charge in [0, 0.05) is 22.6 Å². The van der Waals surface area contributed by atoms with Gasteiger partial charge in [-0.05, 0) is 51.8 Å². The molecule has 1 N–H and O–H groups in total. The largest absolute Gasteiger partial charge is 0.310 e. The van der Waals surface area contributed by atoms with E-state index in [0.717, 1.165) is 21.5 Å². The summed E-state index contributed by atoms with van der Waals surface area (Å²) in [7, 11) is 0. The van der Waals surface area contributed by atoms with Gasteiger partial charge in [0.05, 0.1) is 4.88 Å². The van der Waals surface area contributed by atoms with Crippen molar-refractivity contribution < 1.29 is 4.39 Å². The molecular formula is C14H13BrFNS. The predicted octanol–water partition coefficient (Wildman–Crippen LogP) is 4.57. The van der Waals surface area contributed by atoms with E-state index in [1.165, 1.54) is 12.8 Å². The molecule has 1 nitrogen and oxygen atoms in total. The Hall–Kier alpha value is -0.710. The Morgan fingerprint density at radius 2 is 2.17 bits per heavy atom. The van der Waals surface area contributed by atoms with Crippen LogP contribution in [0.1, 0.15) is 18.4 Å². The maximum Gasteiger partial charge on any atom is 0.132 e. The van der Waals surface area contributed by atoms with Crippen LogP contribution in [0.25, 0.3) is 10.4 Å². The van der Waals surface area contributed by atoms with Crippen molar-refractivity contribution in [2.75, 3.05) is 0 Å². The fraction of sp³-hybridized carbons (Fsp3) is 0.286. The average molecular weight is 326 g/mol. The molecule has 1 aromatic carbocycles. The van der Waals surface area contributed by atoms with Gasteiger partial charge >= 0.3 is 0 Å². The number of nitrogens with one attached hydrogen (secondary N) is 1. The number of hydrogen-bond donors (Lipinski definition) is 1. The Kier molecular flexibility index (Phi) is 3.50. The first-order valence-electron chi connectivity index (χ1n) is 5.99. The Bertz CT molecular complexity index is 563. The van der Waals surface area contributed by atoms with Gasteiger partial charge in [0.15, 0.2) is 0 Å². The molecule has 0 radical (unpaired) electrons. The molecule has 1 fully saturated rings. The van der Waals surface area contributed by atoms with Gasteiger partial charge in [-0.25, -0.2) is 4.39 Å². The number of halogens is 2. The van der Waals surface area contributed by atoms with Crippen LogP contribution in [0, 0.1) is 5.82 Å². The van der Waals surface area contributed by atoms with Crippen molar-refractivity contribution in [1.29, 1.82) is 0 Å². The fourth-order valence-electron chi connectivity index (χ4n) is 1.89.